The summed E-state index contributed by atoms with van der Waals surface area (Å²) < 4.78 is 23.6. The van der Waals surface area contributed by atoms with E-state index in [1.165, 1.54) is 11.8 Å². The zero-order valence-electron chi connectivity index (χ0n) is 8.27. The molecule has 82 valence electrons. The Labute approximate surface area is 97.0 Å². The molecule has 0 bridgehead atoms. The quantitative estimate of drug-likeness (QED) is 0.838. The van der Waals surface area contributed by atoms with Crippen molar-refractivity contribution < 1.29 is 8.42 Å². The number of thiophene rings is 1. The Kier molecular flexibility index (Phi) is 3.65. The van der Waals surface area contributed by atoms with Gasteiger partial charge in [0.25, 0.3) is 0 Å². The monoisotopic (exact) mass is 262 g/mol. The van der Waals surface area contributed by atoms with Crippen molar-refractivity contribution in [3.63, 3.8) is 0 Å². The van der Waals surface area contributed by atoms with Crippen LogP contribution in [0.15, 0.2) is 9.10 Å². The molecule has 7 heteroatoms. The van der Waals surface area contributed by atoms with Crippen molar-refractivity contribution >= 4 is 38.6 Å². The lowest BCUT2D eigenvalue weighted by Crippen LogP contribution is -2.01. The summed E-state index contributed by atoms with van der Waals surface area (Å²) in [6, 6.07) is 1.90. The third kappa shape index (κ3) is 2.45. The maximum atomic E-state index is 11.5. The highest BCUT2D eigenvalue weighted by atomic mass is 32.2. The van der Waals surface area contributed by atoms with Crippen LogP contribution in [0.4, 0.5) is 5.69 Å². The number of sulfone groups is 1. The minimum absolute atomic E-state index is 0.0842. The smallest absolute Gasteiger partial charge is 0.179 e. The van der Waals surface area contributed by atoms with Crippen LogP contribution >= 0.6 is 23.1 Å². The van der Waals surface area contributed by atoms with Gasteiger partial charge < -0.3 is 5.73 Å². The van der Waals surface area contributed by atoms with E-state index in [9.17, 15) is 8.42 Å². The lowest BCUT2D eigenvalue weighted by Gasteiger charge is -2.00. The van der Waals surface area contributed by atoms with Crippen molar-refractivity contribution in [1.29, 1.82) is 5.26 Å². The summed E-state index contributed by atoms with van der Waals surface area (Å²) in [4.78, 5) is 0.377. The second-order valence-electron chi connectivity index (χ2n) is 2.78. The van der Waals surface area contributed by atoms with Gasteiger partial charge in [-0.2, -0.15) is 5.26 Å². The summed E-state index contributed by atoms with van der Waals surface area (Å²) in [5.74, 6) is 0.743. The highest BCUT2D eigenvalue weighted by Crippen LogP contribution is 2.40. The highest BCUT2D eigenvalue weighted by molar-refractivity contribution is 8.02. The average Bonchev–Trinajstić information content (AvgIpc) is 2.42. The fourth-order valence-corrected chi connectivity index (χ4v) is 5.13. The number of anilines is 1. The number of rotatable bonds is 3. The number of nitriles is 1. The van der Waals surface area contributed by atoms with E-state index >= 15 is 0 Å². The van der Waals surface area contributed by atoms with Crippen molar-refractivity contribution in [2.75, 3.05) is 17.7 Å². The SMILES string of the molecule is CCSc1sc(C#N)c(N)c1S(C)(=O)=O. The summed E-state index contributed by atoms with van der Waals surface area (Å²) in [7, 11) is -3.36. The molecule has 1 aromatic rings. The van der Waals surface area contributed by atoms with Crippen molar-refractivity contribution in [1.82, 2.24) is 0 Å². The van der Waals surface area contributed by atoms with Gasteiger partial charge in [0.05, 0.1) is 9.90 Å². The van der Waals surface area contributed by atoms with Crippen LogP contribution in [-0.2, 0) is 9.84 Å². The minimum Gasteiger partial charge on any atom is -0.396 e. The zero-order valence-corrected chi connectivity index (χ0v) is 10.7. The van der Waals surface area contributed by atoms with Gasteiger partial charge in [0.1, 0.15) is 15.8 Å². The van der Waals surface area contributed by atoms with E-state index in [1.807, 2.05) is 13.0 Å². The van der Waals surface area contributed by atoms with Crippen LogP contribution in [0, 0.1) is 11.3 Å². The van der Waals surface area contributed by atoms with Crippen LogP contribution in [0.1, 0.15) is 11.8 Å². The maximum absolute atomic E-state index is 11.5. The number of nitrogen functional groups attached to an aromatic ring is 1. The first-order chi connectivity index (χ1) is 6.91. The largest absolute Gasteiger partial charge is 0.396 e. The first kappa shape index (κ1) is 12.4. The predicted octanol–water partition coefficient (Wildman–Crippen LogP) is 1.72. The van der Waals surface area contributed by atoms with Gasteiger partial charge in [-0.1, -0.05) is 6.92 Å². The van der Waals surface area contributed by atoms with Crippen LogP contribution in [0.5, 0.6) is 0 Å². The number of thioether (sulfide) groups is 1. The summed E-state index contributed by atoms with van der Waals surface area (Å²) in [5, 5.41) is 8.77. The molecule has 1 aromatic heterocycles. The molecule has 0 spiro atoms. The van der Waals surface area contributed by atoms with E-state index in [1.54, 1.807) is 0 Å². The molecule has 0 aromatic carbocycles. The van der Waals surface area contributed by atoms with Crippen molar-refractivity contribution in [2.24, 2.45) is 0 Å². The Morgan fingerprint density at radius 2 is 2.20 bits per heavy atom. The third-order valence-electron chi connectivity index (χ3n) is 1.62. The van der Waals surface area contributed by atoms with Gasteiger partial charge in [0, 0.05) is 6.26 Å². The second-order valence-corrected chi connectivity index (χ2v) is 7.28. The van der Waals surface area contributed by atoms with Crippen LogP contribution in [0.2, 0.25) is 0 Å². The molecule has 1 heterocycles. The minimum atomic E-state index is -3.36. The van der Waals surface area contributed by atoms with Crippen LogP contribution in [0.25, 0.3) is 0 Å². The van der Waals surface area contributed by atoms with Crippen molar-refractivity contribution in [3.05, 3.63) is 4.88 Å². The molecular formula is C8H10N2O2S3. The maximum Gasteiger partial charge on any atom is 0.179 e. The fraction of sp³-hybridized carbons (Fsp3) is 0.375. The topological polar surface area (TPSA) is 83.9 Å². The lowest BCUT2D eigenvalue weighted by molar-refractivity contribution is 0.601. The Morgan fingerprint density at radius 3 is 2.60 bits per heavy atom. The molecule has 0 aliphatic rings. The molecule has 0 atom stereocenters. The van der Waals surface area contributed by atoms with Gasteiger partial charge in [0.15, 0.2) is 9.84 Å². The molecule has 0 radical (unpaired) electrons. The van der Waals surface area contributed by atoms with E-state index in [0.717, 1.165) is 23.3 Å². The highest BCUT2D eigenvalue weighted by Gasteiger charge is 2.23. The Bertz CT molecular complexity index is 511. The van der Waals surface area contributed by atoms with Gasteiger partial charge in [-0.25, -0.2) is 8.42 Å². The molecular weight excluding hydrogens is 252 g/mol. The summed E-state index contributed by atoms with van der Waals surface area (Å²) in [6.07, 6.45) is 1.10. The molecule has 15 heavy (non-hydrogen) atoms. The summed E-state index contributed by atoms with van der Waals surface area (Å²) in [6.45, 7) is 1.92. The van der Waals surface area contributed by atoms with E-state index in [0.29, 0.717) is 4.21 Å². The Balaban J connectivity index is 3.48. The van der Waals surface area contributed by atoms with Gasteiger partial charge in [-0.15, -0.1) is 23.1 Å². The number of nitrogens with zero attached hydrogens (tertiary/aromatic N) is 1. The van der Waals surface area contributed by atoms with Gasteiger partial charge >= 0.3 is 0 Å². The number of hydrogen-bond acceptors (Lipinski definition) is 6. The standard InChI is InChI=1S/C8H10N2O2S3/c1-3-13-8-7(15(2,11)12)6(10)5(4-9)14-8/h3,10H2,1-2H3. The number of nitrogens with two attached hydrogens (primary N) is 1. The van der Waals surface area contributed by atoms with Crippen molar-refractivity contribution in [2.45, 2.75) is 16.0 Å². The fourth-order valence-electron chi connectivity index (χ4n) is 1.07. The van der Waals surface area contributed by atoms with Crippen LogP contribution < -0.4 is 5.73 Å². The Hall–Kier alpha value is -0.710. The molecule has 0 aliphatic carbocycles. The van der Waals surface area contributed by atoms with Gasteiger partial charge in [-0.3, -0.25) is 0 Å². The molecule has 0 saturated carbocycles. The first-order valence-corrected chi connectivity index (χ1v) is 7.76. The van der Waals surface area contributed by atoms with Crippen LogP contribution in [-0.4, -0.2) is 20.4 Å². The first-order valence-electron chi connectivity index (χ1n) is 4.07. The lowest BCUT2D eigenvalue weighted by atomic mass is 10.4. The van der Waals surface area contributed by atoms with E-state index < -0.39 is 9.84 Å². The second kappa shape index (κ2) is 4.43. The van der Waals surface area contributed by atoms with E-state index in [2.05, 4.69) is 0 Å². The summed E-state index contributed by atoms with van der Waals surface area (Å²) >= 11 is 2.52. The average molecular weight is 262 g/mol. The third-order valence-corrected chi connectivity index (χ3v) is 5.30. The van der Waals surface area contributed by atoms with Gasteiger partial charge in [-0.05, 0) is 5.75 Å². The molecule has 0 unspecified atom stereocenters. The number of hydrogen-bond donors (Lipinski definition) is 1. The molecule has 4 nitrogen and oxygen atoms in total. The van der Waals surface area contributed by atoms with Crippen molar-refractivity contribution in [3.8, 4) is 6.07 Å². The molecule has 2 N–H and O–H groups in total. The Morgan fingerprint density at radius 1 is 1.60 bits per heavy atom. The molecule has 1 rings (SSSR count). The molecule has 0 fully saturated rings. The zero-order chi connectivity index (χ0) is 11.6. The van der Waals surface area contributed by atoms with Gasteiger partial charge in [0.2, 0.25) is 0 Å². The molecule has 0 aliphatic heterocycles. The summed E-state index contributed by atoms with van der Waals surface area (Å²) in [5.41, 5.74) is 5.71. The molecule has 0 saturated heterocycles. The molecule has 0 amide bonds. The van der Waals surface area contributed by atoms with Crippen LogP contribution in [0.3, 0.4) is 0 Å². The van der Waals surface area contributed by atoms with E-state index in [-0.39, 0.29) is 15.5 Å². The normalized spacial score (nSPS) is 11.3. The van der Waals surface area contributed by atoms with E-state index in [4.69, 9.17) is 11.0 Å². The predicted molar refractivity (Wildman–Crippen MR) is 63.0 cm³/mol.